The van der Waals surface area contributed by atoms with Crippen LogP contribution in [0.25, 0.3) is 0 Å². The van der Waals surface area contributed by atoms with Gasteiger partial charge in [0.25, 0.3) is 0 Å². The number of benzene rings is 1. The highest BCUT2D eigenvalue weighted by Crippen LogP contribution is 2.23. The smallest absolute Gasteiger partial charge is 0.0595 e. The van der Waals surface area contributed by atoms with Crippen LogP contribution in [0.2, 0.25) is 10.0 Å². The summed E-state index contributed by atoms with van der Waals surface area (Å²) >= 11 is 11.8. The van der Waals surface area contributed by atoms with E-state index >= 15 is 0 Å². The normalized spacial score (nSPS) is 10.3. The van der Waals surface area contributed by atoms with Crippen LogP contribution in [-0.2, 0) is 6.42 Å². The molecule has 15 heavy (non-hydrogen) atoms. The Labute approximate surface area is 98.7 Å². The topological polar surface area (TPSA) is 12.9 Å². The van der Waals surface area contributed by atoms with Crippen molar-refractivity contribution in [3.05, 3.63) is 63.9 Å². The standard InChI is InChI=1S/C12H9Cl2N/c13-11-2-1-10(8-12(11)14)7-9-3-5-15-6-4-9/h1-6,8H,7H2. The zero-order valence-electron chi connectivity index (χ0n) is 7.95. The monoisotopic (exact) mass is 237 g/mol. The van der Waals surface area contributed by atoms with Crippen LogP contribution in [0.15, 0.2) is 42.7 Å². The first-order valence-electron chi connectivity index (χ1n) is 4.58. The number of nitrogens with zero attached hydrogens (tertiary/aromatic N) is 1. The number of hydrogen-bond donors (Lipinski definition) is 0. The van der Waals surface area contributed by atoms with Crippen molar-refractivity contribution in [3.8, 4) is 0 Å². The molecule has 1 heterocycles. The van der Waals surface area contributed by atoms with Crippen molar-refractivity contribution in [3.63, 3.8) is 0 Å². The van der Waals surface area contributed by atoms with E-state index < -0.39 is 0 Å². The number of hydrogen-bond acceptors (Lipinski definition) is 1. The fourth-order valence-corrected chi connectivity index (χ4v) is 1.71. The summed E-state index contributed by atoms with van der Waals surface area (Å²) < 4.78 is 0. The maximum atomic E-state index is 5.94. The van der Waals surface area contributed by atoms with Crippen molar-refractivity contribution in [1.82, 2.24) is 4.98 Å². The van der Waals surface area contributed by atoms with Crippen LogP contribution >= 0.6 is 23.2 Å². The molecular formula is C12H9Cl2N. The Bertz CT molecular complexity index is 454. The van der Waals surface area contributed by atoms with Gasteiger partial charge in [-0.2, -0.15) is 0 Å². The highest BCUT2D eigenvalue weighted by atomic mass is 35.5. The van der Waals surface area contributed by atoms with E-state index in [0.29, 0.717) is 10.0 Å². The van der Waals surface area contributed by atoms with Crippen molar-refractivity contribution in [2.45, 2.75) is 6.42 Å². The van der Waals surface area contributed by atoms with Crippen molar-refractivity contribution < 1.29 is 0 Å². The quantitative estimate of drug-likeness (QED) is 0.771. The lowest BCUT2D eigenvalue weighted by Gasteiger charge is -2.03. The first kappa shape index (κ1) is 10.5. The van der Waals surface area contributed by atoms with Crippen LogP contribution in [0, 0.1) is 0 Å². The lowest BCUT2D eigenvalue weighted by atomic mass is 10.1. The Morgan fingerprint density at radius 2 is 1.60 bits per heavy atom. The molecule has 2 aromatic rings. The first-order chi connectivity index (χ1) is 7.25. The van der Waals surface area contributed by atoms with Gasteiger partial charge in [-0.25, -0.2) is 0 Å². The molecule has 0 saturated heterocycles. The highest BCUT2D eigenvalue weighted by molar-refractivity contribution is 6.42. The maximum absolute atomic E-state index is 5.94. The fourth-order valence-electron chi connectivity index (χ4n) is 1.39. The maximum Gasteiger partial charge on any atom is 0.0595 e. The molecule has 0 saturated carbocycles. The third-order valence-corrected chi connectivity index (χ3v) is 2.88. The average molecular weight is 238 g/mol. The summed E-state index contributed by atoms with van der Waals surface area (Å²) in [4.78, 5) is 3.97. The van der Waals surface area contributed by atoms with Gasteiger partial charge in [0.2, 0.25) is 0 Å². The number of aromatic nitrogens is 1. The van der Waals surface area contributed by atoms with Crippen LogP contribution in [0.3, 0.4) is 0 Å². The van der Waals surface area contributed by atoms with Crippen LogP contribution in [-0.4, -0.2) is 4.98 Å². The van der Waals surface area contributed by atoms with Gasteiger partial charge in [-0.3, -0.25) is 4.98 Å². The van der Waals surface area contributed by atoms with E-state index in [9.17, 15) is 0 Å². The van der Waals surface area contributed by atoms with Crippen molar-refractivity contribution in [2.75, 3.05) is 0 Å². The van der Waals surface area contributed by atoms with Crippen LogP contribution in [0.1, 0.15) is 11.1 Å². The Morgan fingerprint density at radius 3 is 2.27 bits per heavy atom. The minimum absolute atomic E-state index is 0.593. The van der Waals surface area contributed by atoms with Crippen LogP contribution in [0.4, 0.5) is 0 Å². The highest BCUT2D eigenvalue weighted by Gasteiger charge is 2.00. The largest absolute Gasteiger partial charge is 0.265 e. The lowest BCUT2D eigenvalue weighted by molar-refractivity contribution is 1.16. The molecule has 0 bridgehead atoms. The van der Waals surface area contributed by atoms with Crippen molar-refractivity contribution >= 4 is 23.2 Å². The molecule has 1 nitrogen and oxygen atoms in total. The molecule has 0 aliphatic carbocycles. The summed E-state index contributed by atoms with van der Waals surface area (Å²) in [5.74, 6) is 0. The Balaban J connectivity index is 2.22. The molecule has 0 N–H and O–H groups in total. The molecule has 0 fully saturated rings. The zero-order chi connectivity index (χ0) is 10.7. The second-order valence-corrected chi connectivity index (χ2v) is 4.10. The first-order valence-corrected chi connectivity index (χ1v) is 5.34. The van der Waals surface area contributed by atoms with E-state index in [0.717, 1.165) is 12.0 Å². The molecule has 76 valence electrons. The Kier molecular flexibility index (Phi) is 3.24. The molecule has 0 spiro atoms. The second kappa shape index (κ2) is 4.65. The van der Waals surface area contributed by atoms with E-state index in [2.05, 4.69) is 4.98 Å². The van der Waals surface area contributed by atoms with Crippen molar-refractivity contribution in [2.24, 2.45) is 0 Å². The molecular weight excluding hydrogens is 229 g/mol. The number of halogens is 2. The lowest BCUT2D eigenvalue weighted by Crippen LogP contribution is -1.88. The summed E-state index contributed by atoms with van der Waals surface area (Å²) in [5, 5.41) is 1.19. The van der Waals surface area contributed by atoms with Gasteiger partial charge >= 0.3 is 0 Å². The van der Waals surface area contributed by atoms with E-state index in [1.807, 2.05) is 30.3 Å². The molecule has 0 aliphatic rings. The van der Waals surface area contributed by atoms with Crippen LogP contribution < -0.4 is 0 Å². The number of pyridine rings is 1. The molecule has 0 radical (unpaired) electrons. The fraction of sp³-hybridized carbons (Fsp3) is 0.0833. The molecule has 0 aliphatic heterocycles. The third-order valence-electron chi connectivity index (χ3n) is 2.14. The van der Waals surface area contributed by atoms with Crippen LogP contribution in [0.5, 0.6) is 0 Å². The third kappa shape index (κ3) is 2.71. The summed E-state index contributed by atoms with van der Waals surface area (Å²) in [7, 11) is 0. The summed E-state index contributed by atoms with van der Waals surface area (Å²) in [5.41, 5.74) is 2.36. The predicted molar refractivity (Wildman–Crippen MR) is 63.5 cm³/mol. The van der Waals surface area contributed by atoms with E-state index in [1.54, 1.807) is 12.4 Å². The molecule has 0 atom stereocenters. The van der Waals surface area contributed by atoms with Gasteiger partial charge in [0.1, 0.15) is 0 Å². The zero-order valence-corrected chi connectivity index (χ0v) is 9.46. The van der Waals surface area contributed by atoms with Gasteiger partial charge in [0.15, 0.2) is 0 Å². The summed E-state index contributed by atoms with van der Waals surface area (Å²) in [6.45, 7) is 0. The summed E-state index contributed by atoms with van der Waals surface area (Å²) in [6.07, 6.45) is 4.42. The molecule has 0 unspecified atom stereocenters. The minimum atomic E-state index is 0.593. The Morgan fingerprint density at radius 1 is 0.867 bits per heavy atom. The van der Waals surface area contributed by atoms with Crippen molar-refractivity contribution in [1.29, 1.82) is 0 Å². The van der Waals surface area contributed by atoms with Gasteiger partial charge in [0.05, 0.1) is 10.0 Å². The van der Waals surface area contributed by atoms with Gasteiger partial charge < -0.3 is 0 Å². The average Bonchev–Trinajstić information content (AvgIpc) is 2.25. The van der Waals surface area contributed by atoms with E-state index in [4.69, 9.17) is 23.2 Å². The summed E-state index contributed by atoms with van der Waals surface area (Å²) in [6, 6.07) is 9.67. The molecule has 2 rings (SSSR count). The second-order valence-electron chi connectivity index (χ2n) is 3.28. The van der Waals surface area contributed by atoms with Gasteiger partial charge in [-0.15, -0.1) is 0 Å². The molecule has 1 aromatic heterocycles. The molecule has 1 aromatic carbocycles. The Hall–Kier alpha value is -1.05. The SMILES string of the molecule is Clc1ccc(Cc2ccncc2)cc1Cl. The predicted octanol–water partition coefficient (Wildman–Crippen LogP) is 3.98. The van der Waals surface area contributed by atoms with E-state index in [1.165, 1.54) is 5.56 Å². The molecule has 3 heteroatoms. The van der Waals surface area contributed by atoms with E-state index in [-0.39, 0.29) is 0 Å². The van der Waals surface area contributed by atoms with Gasteiger partial charge in [0, 0.05) is 12.4 Å². The minimum Gasteiger partial charge on any atom is -0.265 e. The van der Waals surface area contributed by atoms with Gasteiger partial charge in [-0.05, 0) is 41.8 Å². The van der Waals surface area contributed by atoms with Gasteiger partial charge in [-0.1, -0.05) is 29.3 Å². The number of rotatable bonds is 2. The molecule has 0 amide bonds.